The zero-order chi connectivity index (χ0) is 12.2. The molecule has 88 valence electrons. The molecule has 0 aliphatic rings. The normalized spacial score (nSPS) is 11.1. The fraction of sp³-hybridized carbons (Fsp3) is 0.300. The van der Waals surface area contributed by atoms with Gasteiger partial charge in [0.05, 0.1) is 6.26 Å². The maximum Gasteiger partial charge on any atom is 0.306 e. The van der Waals surface area contributed by atoms with Crippen LogP contribution in [0.5, 0.6) is 5.75 Å². The summed E-state index contributed by atoms with van der Waals surface area (Å²) in [5, 5.41) is 8.50. The highest BCUT2D eigenvalue weighted by molar-refractivity contribution is 7.86. The molecule has 0 atom stereocenters. The molecule has 0 amide bonds. The van der Waals surface area contributed by atoms with Gasteiger partial charge in [-0.05, 0) is 24.1 Å². The molecule has 0 saturated carbocycles. The Morgan fingerprint density at radius 3 is 2.69 bits per heavy atom. The molecule has 5 nitrogen and oxygen atoms in total. The number of aryl methyl sites for hydroxylation is 1. The average Bonchev–Trinajstić information content (AvgIpc) is 2.12. The molecule has 0 radical (unpaired) electrons. The molecule has 0 bridgehead atoms. The number of hydrogen-bond acceptors (Lipinski definition) is 4. The van der Waals surface area contributed by atoms with Gasteiger partial charge in [-0.15, -0.1) is 0 Å². The van der Waals surface area contributed by atoms with Gasteiger partial charge in [0.1, 0.15) is 5.75 Å². The van der Waals surface area contributed by atoms with Crippen molar-refractivity contribution in [3.05, 3.63) is 29.8 Å². The summed E-state index contributed by atoms with van der Waals surface area (Å²) in [7, 11) is -3.54. The predicted molar refractivity (Wildman–Crippen MR) is 57.9 cm³/mol. The Morgan fingerprint density at radius 2 is 2.12 bits per heavy atom. The molecule has 16 heavy (non-hydrogen) atoms. The highest BCUT2D eigenvalue weighted by Crippen LogP contribution is 2.16. The van der Waals surface area contributed by atoms with Crippen molar-refractivity contribution in [1.82, 2.24) is 0 Å². The Hall–Kier alpha value is -1.56. The van der Waals surface area contributed by atoms with Crippen LogP contribution in [0.4, 0.5) is 0 Å². The van der Waals surface area contributed by atoms with E-state index in [0.717, 1.165) is 11.8 Å². The van der Waals surface area contributed by atoms with Gasteiger partial charge in [0.25, 0.3) is 0 Å². The molecule has 6 heteroatoms. The van der Waals surface area contributed by atoms with Crippen LogP contribution >= 0.6 is 0 Å². The lowest BCUT2D eigenvalue weighted by Crippen LogP contribution is -2.06. The summed E-state index contributed by atoms with van der Waals surface area (Å²) >= 11 is 0. The van der Waals surface area contributed by atoms with Gasteiger partial charge < -0.3 is 9.29 Å². The SMILES string of the molecule is CS(=O)(=O)Oc1cccc(CCC(=O)O)c1. The largest absolute Gasteiger partial charge is 0.481 e. The fourth-order valence-electron chi connectivity index (χ4n) is 1.18. The summed E-state index contributed by atoms with van der Waals surface area (Å²) in [6.07, 6.45) is 1.30. The second-order valence-electron chi connectivity index (χ2n) is 3.33. The third kappa shape index (κ3) is 4.79. The molecule has 0 aromatic heterocycles. The summed E-state index contributed by atoms with van der Waals surface area (Å²) in [5.74, 6) is -0.695. The second kappa shape index (κ2) is 4.98. The topological polar surface area (TPSA) is 80.7 Å². The average molecular weight is 244 g/mol. The van der Waals surface area contributed by atoms with E-state index < -0.39 is 16.1 Å². The highest BCUT2D eigenvalue weighted by atomic mass is 32.2. The minimum absolute atomic E-state index is 0.00231. The van der Waals surface area contributed by atoms with Crippen LogP contribution in [0.25, 0.3) is 0 Å². The van der Waals surface area contributed by atoms with Gasteiger partial charge in [-0.1, -0.05) is 12.1 Å². The van der Waals surface area contributed by atoms with Crippen molar-refractivity contribution in [2.45, 2.75) is 12.8 Å². The molecule has 1 aromatic rings. The van der Waals surface area contributed by atoms with Crippen LogP contribution in [0.2, 0.25) is 0 Å². The van der Waals surface area contributed by atoms with Gasteiger partial charge in [-0.2, -0.15) is 8.42 Å². The van der Waals surface area contributed by atoms with Gasteiger partial charge >= 0.3 is 16.1 Å². The van der Waals surface area contributed by atoms with E-state index in [1.54, 1.807) is 12.1 Å². The van der Waals surface area contributed by atoms with E-state index in [0.29, 0.717) is 6.42 Å². The number of carboxylic acids is 1. The summed E-state index contributed by atoms with van der Waals surface area (Å²) in [4.78, 5) is 10.4. The van der Waals surface area contributed by atoms with Crippen molar-refractivity contribution in [2.24, 2.45) is 0 Å². The van der Waals surface area contributed by atoms with E-state index in [1.165, 1.54) is 12.1 Å². The minimum atomic E-state index is -3.54. The van der Waals surface area contributed by atoms with E-state index in [1.807, 2.05) is 0 Å². The molecule has 0 spiro atoms. The first-order valence-corrected chi connectivity index (χ1v) is 6.39. The first-order chi connectivity index (χ1) is 7.37. The van der Waals surface area contributed by atoms with Crippen molar-refractivity contribution in [1.29, 1.82) is 0 Å². The number of carboxylic acid groups (broad SMARTS) is 1. The zero-order valence-corrected chi connectivity index (χ0v) is 9.53. The first-order valence-electron chi connectivity index (χ1n) is 4.57. The third-order valence-electron chi connectivity index (χ3n) is 1.77. The summed E-state index contributed by atoms with van der Waals surface area (Å²) in [5.41, 5.74) is 0.726. The van der Waals surface area contributed by atoms with Crippen LogP contribution in [-0.4, -0.2) is 25.7 Å². The van der Waals surface area contributed by atoms with Crippen LogP contribution in [0.15, 0.2) is 24.3 Å². The molecular formula is C10H12O5S. The molecule has 1 N–H and O–H groups in total. The Labute approximate surface area is 93.8 Å². The molecule has 1 rings (SSSR count). The van der Waals surface area contributed by atoms with E-state index in [-0.39, 0.29) is 12.2 Å². The van der Waals surface area contributed by atoms with Crippen LogP contribution in [0.1, 0.15) is 12.0 Å². The van der Waals surface area contributed by atoms with Gasteiger partial charge in [-0.25, -0.2) is 0 Å². The predicted octanol–water partition coefficient (Wildman–Crippen LogP) is 1.04. The van der Waals surface area contributed by atoms with Crippen LogP contribution < -0.4 is 4.18 Å². The smallest absolute Gasteiger partial charge is 0.306 e. The molecule has 0 unspecified atom stereocenters. The molecule has 1 aromatic carbocycles. The summed E-state index contributed by atoms with van der Waals surface area (Å²) in [6, 6.07) is 6.37. The first kappa shape index (κ1) is 12.5. The molecular weight excluding hydrogens is 232 g/mol. The van der Waals surface area contributed by atoms with E-state index in [2.05, 4.69) is 4.18 Å². The quantitative estimate of drug-likeness (QED) is 0.783. The summed E-state index contributed by atoms with van der Waals surface area (Å²) < 4.78 is 26.4. The Kier molecular flexibility index (Phi) is 3.89. The lowest BCUT2D eigenvalue weighted by Gasteiger charge is -2.04. The molecule has 0 heterocycles. The molecule has 0 fully saturated rings. The second-order valence-corrected chi connectivity index (χ2v) is 4.90. The zero-order valence-electron chi connectivity index (χ0n) is 8.71. The van der Waals surface area contributed by atoms with Gasteiger partial charge in [-0.3, -0.25) is 4.79 Å². The minimum Gasteiger partial charge on any atom is -0.481 e. The maximum atomic E-state index is 10.9. The molecule has 0 saturated heterocycles. The molecule has 0 aliphatic carbocycles. The number of rotatable bonds is 5. The monoisotopic (exact) mass is 244 g/mol. The third-order valence-corrected chi connectivity index (χ3v) is 2.27. The van der Waals surface area contributed by atoms with Crippen molar-refractivity contribution >= 4 is 16.1 Å². The fourth-order valence-corrected chi connectivity index (χ4v) is 1.63. The van der Waals surface area contributed by atoms with Crippen LogP contribution in [0.3, 0.4) is 0 Å². The van der Waals surface area contributed by atoms with E-state index >= 15 is 0 Å². The Bertz CT molecular complexity index is 478. The summed E-state index contributed by atoms with van der Waals surface area (Å²) in [6.45, 7) is 0. The van der Waals surface area contributed by atoms with Crippen molar-refractivity contribution < 1.29 is 22.5 Å². The number of benzene rings is 1. The lowest BCUT2D eigenvalue weighted by molar-refractivity contribution is -0.136. The Balaban J connectivity index is 2.75. The molecule has 0 aliphatic heterocycles. The van der Waals surface area contributed by atoms with Crippen molar-refractivity contribution in [3.8, 4) is 5.75 Å². The Morgan fingerprint density at radius 1 is 1.44 bits per heavy atom. The van der Waals surface area contributed by atoms with Crippen LogP contribution in [-0.2, 0) is 21.3 Å². The number of hydrogen-bond donors (Lipinski definition) is 1. The highest BCUT2D eigenvalue weighted by Gasteiger charge is 2.05. The standard InChI is InChI=1S/C10H12O5S/c1-16(13,14)15-9-4-2-3-8(7-9)5-6-10(11)12/h2-4,7H,5-6H2,1H3,(H,11,12). The van der Waals surface area contributed by atoms with Gasteiger partial charge in [0, 0.05) is 6.42 Å². The van der Waals surface area contributed by atoms with E-state index in [4.69, 9.17) is 5.11 Å². The van der Waals surface area contributed by atoms with Crippen molar-refractivity contribution in [2.75, 3.05) is 6.26 Å². The van der Waals surface area contributed by atoms with Gasteiger partial charge in [0.15, 0.2) is 0 Å². The maximum absolute atomic E-state index is 10.9. The number of carbonyl (C=O) groups is 1. The van der Waals surface area contributed by atoms with Gasteiger partial charge in [0.2, 0.25) is 0 Å². The van der Waals surface area contributed by atoms with Crippen molar-refractivity contribution in [3.63, 3.8) is 0 Å². The number of aliphatic carboxylic acids is 1. The van der Waals surface area contributed by atoms with Crippen LogP contribution in [0, 0.1) is 0 Å². The van der Waals surface area contributed by atoms with E-state index in [9.17, 15) is 13.2 Å². The lowest BCUT2D eigenvalue weighted by atomic mass is 10.1.